The Morgan fingerprint density at radius 2 is 0.850 bits per heavy atom. The summed E-state index contributed by atoms with van der Waals surface area (Å²) in [4.78, 5) is 2.48. The second kappa shape index (κ2) is 11.5. The van der Waals surface area contributed by atoms with Crippen molar-refractivity contribution in [2.24, 2.45) is 0 Å². The lowest BCUT2D eigenvalue weighted by molar-refractivity contribution is 0.389. The van der Waals surface area contributed by atoms with Gasteiger partial charge in [-0.05, 0) is 121 Å². The second-order valence-corrected chi connectivity index (χ2v) is 18.0. The number of ether oxygens (including phenoxy) is 1. The van der Waals surface area contributed by atoms with E-state index in [1.54, 1.807) is 0 Å². The summed E-state index contributed by atoms with van der Waals surface area (Å²) in [5, 5.41) is 0.984. The fourth-order valence-corrected chi connectivity index (χ4v) is 11.5. The van der Waals surface area contributed by atoms with E-state index in [4.69, 9.17) is 9.15 Å². The summed E-state index contributed by atoms with van der Waals surface area (Å²) in [5.41, 5.74) is 19.9. The van der Waals surface area contributed by atoms with Crippen LogP contribution >= 0.6 is 0 Å². The van der Waals surface area contributed by atoms with Gasteiger partial charge in [-0.25, -0.2) is 0 Å². The van der Waals surface area contributed by atoms with Crippen LogP contribution in [-0.4, -0.2) is 0 Å². The molecule has 3 aliphatic carbocycles. The van der Waals surface area contributed by atoms with E-state index in [0.717, 1.165) is 50.9 Å². The molecule has 9 aromatic rings. The van der Waals surface area contributed by atoms with Gasteiger partial charge < -0.3 is 14.1 Å². The lowest BCUT2D eigenvalue weighted by Crippen LogP contribution is -2.31. The number of anilines is 3. The van der Waals surface area contributed by atoms with Crippen LogP contribution in [0.15, 0.2) is 180 Å². The first kappa shape index (κ1) is 33.8. The van der Waals surface area contributed by atoms with Crippen molar-refractivity contribution in [1.29, 1.82) is 0 Å². The third-order valence-electron chi connectivity index (χ3n) is 14.3. The van der Waals surface area contributed by atoms with Crippen molar-refractivity contribution < 1.29 is 9.15 Å². The number of rotatable bonds is 3. The minimum atomic E-state index is -0.704. The van der Waals surface area contributed by atoms with Crippen molar-refractivity contribution in [2.45, 2.75) is 43.9 Å². The van der Waals surface area contributed by atoms with Gasteiger partial charge in [0.05, 0.1) is 5.39 Å². The maximum atomic E-state index is 6.96. The largest absolute Gasteiger partial charge is 0.455 e. The molecule has 0 fully saturated rings. The highest BCUT2D eigenvalue weighted by atomic mass is 16.5. The minimum absolute atomic E-state index is 0.0836. The fourth-order valence-electron chi connectivity index (χ4n) is 11.5. The molecule has 286 valence electrons. The molecular weight excluding hydrogens is 731 g/mol. The van der Waals surface area contributed by atoms with Gasteiger partial charge in [-0.2, -0.15) is 0 Å². The molecule has 1 spiro atoms. The SMILES string of the molecule is CC1(C)c2ccccc2-c2cc(N(c3ccc4c(c3)-c3ccccc3C43c4ccccc4Oc4c3oc3ccccc43)c3ccc4c(c3)C(C)(C)c3ccccc3-4)ccc21. The molecule has 0 saturated heterocycles. The molecule has 0 radical (unpaired) electrons. The highest BCUT2D eigenvalue weighted by molar-refractivity contribution is 5.96. The zero-order chi connectivity index (χ0) is 40.1. The number of fused-ring (bicyclic) bond motifs is 17. The Bertz CT molecular complexity index is 3330. The smallest absolute Gasteiger partial charge is 0.178 e. The molecule has 3 nitrogen and oxygen atoms in total. The maximum Gasteiger partial charge on any atom is 0.178 e. The molecule has 1 aromatic heterocycles. The average molecular weight is 772 g/mol. The van der Waals surface area contributed by atoms with Gasteiger partial charge in [0, 0.05) is 33.5 Å². The Morgan fingerprint density at radius 1 is 0.383 bits per heavy atom. The molecule has 3 heteroatoms. The molecular formula is C57H41NO2. The van der Waals surface area contributed by atoms with Crippen molar-refractivity contribution in [3.63, 3.8) is 0 Å². The Morgan fingerprint density at radius 3 is 1.58 bits per heavy atom. The summed E-state index contributed by atoms with van der Waals surface area (Å²) in [5.74, 6) is 2.48. The molecule has 1 unspecified atom stereocenters. The maximum absolute atomic E-state index is 6.96. The molecule has 0 N–H and O–H groups in total. The Hall–Kier alpha value is -7.10. The second-order valence-electron chi connectivity index (χ2n) is 18.0. The molecule has 2 heterocycles. The van der Waals surface area contributed by atoms with E-state index in [0.29, 0.717) is 0 Å². The van der Waals surface area contributed by atoms with Crippen molar-refractivity contribution in [3.8, 4) is 44.9 Å². The lowest BCUT2D eigenvalue weighted by atomic mass is 9.69. The number of nitrogens with zero attached hydrogens (tertiary/aromatic N) is 1. The highest BCUT2D eigenvalue weighted by Gasteiger charge is 2.54. The zero-order valence-corrected chi connectivity index (χ0v) is 34.0. The van der Waals surface area contributed by atoms with Crippen LogP contribution < -0.4 is 9.64 Å². The minimum Gasteiger partial charge on any atom is -0.455 e. The van der Waals surface area contributed by atoms with Crippen LogP contribution in [-0.2, 0) is 16.2 Å². The van der Waals surface area contributed by atoms with E-state index in [9.17, 15) is 0 Å². The molecule has 0 amide bonds. The van der Waals surface area contributed by atoms with Crippen LogP contribution in [0.4, 0.5) is 17.1 Å². The van der Waals surface area contributed by atoms with Gasteiger partial charge in [0.15, 0.2) is 11.5 Å². The topological polar surface area (TPSA) is 25.6 Å². The highest BCUT2D eigenvalue weighted by Crippen LogP contribution is 2.64. The van der Waals surface area contributed by atoms with Crippen LogP contribution in [0.1, 0.15) is 72.4 Å². The number of benzene rings is 8. The van der Waals surface area contributed by atoms with Crippen molar-refractivity contribution in [2.75, 3.05) is 4.90 Å². The van der Waals surface area contributed by atoms with Gasteiger partial charge in [0.25, 0.3) is 0 Å². The van der Waals surface area contributed by atoms with E-state index in [2.05, 4.69) is 196 Å². The summed E-state index contributed by atoms with van der Waals surface area (Å²) in [6.07, 6.45) is 0. The average Bonchev–Trinajstić information content (AvgIpc) is 3.94. The van der Waals surface area contributed by atoms with Crippen LogP contribution in [0.25, 0.3) is 44.3 Å². The molecule has 60 heavy (non-hydrogen) atoms. The zero-order valence-electron chi connectivity index (χ0n) is 34.0. The first-order valence-electron chi connectivity index (χ1n) is 21.1. The van der Waals surface area contributed by atoms with Crippen molar-refractivity contribution in [3.05, 3.63) is 221 Å². The third-order valence-corrected chi connectivity index (χ3v) is 14.3. The van der Waals surface area contributed by atoms with Crippen LogP contribution in [0.3, 0.4) is 0 Å². The molecule has 4 aliphatic rings. The molecule has 1 atom stereocenters. The summed E-state index contributed by atoms with van der Waals surface area (Å²) < 4.78 is 13.7. The van der Waals surface area contributed by atoms with Crippen molar-refractivity contribution >= 4 is 28.0 Å². The predicted molar refractivity (Wildman–Crippen MR) is 243 cm³/mol. The van der Waals surface area contributed by atoms with Gasteiger partial charge in [-0.3, -0.25) is 0 Å². The number of hydrogen-bond donors (Lipinski definition) is 0. The molecule has 8 aromatic carbocycles. The summed E-state index contributed by atoms with van der Waals surface area (Å²) in [6, 6.07) is 64.8. The van der Waals surface area contributed by atoms with Gasteiger partial charge in [0.1, 0.15) is 16.7 Å². The van der Waals surface area contributed by atoms with Crippen molar-refractivity contribution in [1.82, 2.24) is 0 Å². The van der Waals surface area contributed by atoms with Crippen LogP contribution in [0, 0.1) is 0 Å². The first-order valence-corrected chi connectivity index (χ1v) is 21.1. The predicted octanol–water partition coefficient (Wildman–Crippen LogP) is 15.0. The third kappa shape index (κ3) is 4.14. The number of para-hydroxylation sites is 2. The monoisotopic (exact) mass is 771 g/mol. The number of furan rings is 1. The van der Waals surface area contributed by atoms with E-state index in [-0.39, 0.29) is 10.8 Å². The van der Waals surface area contributed by atoms with Crippen LogP contribution in [0.5, 0.6) is 11.5 Å². The van der Waals surface area contributed by atoms with Gasteiger partial charge in [0.2, 0.25) is 0 Å². The lowest BCUT2D eigenvalue weighted by Gasteiger charge is -2.36. The van der Waals surface area contributed by atoms with E-state index >= 15 is 0 Å². The standard InChI is InChI=1S/C57H41NO2/c1-55(2)45-20-10-6-16-38(45)42-31-34(26-29-46(42)55)58(36-25-28-40-37-15-5-9-19-44(37)56(3,4)50(40)33-36)35-27-30-48-43(32-35)39-17-7-11-21-47(39)57(48)49-22-12-14-24-52(49)59-53-41-18-8-13-23-51(41)60-54(53)57/h5-33H,1-4H3. The van der Waals surface area contributed by atoms with E-state index < -0.39 is 5.41 Å². The molecule has 13 rings (SSSR count). The summed E-state index contributed by atoms with van der Waals surface area (Å²) in [6.45, 7) is 9.43. The summed E-state index contributed by atoms with van der Waals surface area (Å²) in [7, 11) is 0. The molecule has 0 saturated carbocycles. The quantitative estimate of drug-likeness (QED) is 0.179. The Balaban J connectivity index is 1.07. The summed E-state index contributed by atoms with van der Waals surface area (Å²) >= 11 is 0. The first-order chi connectivity index (χ1) is 29.3. The normalized spacial score (nSPS) is 17.5. The van der Waals surface area contributed by atoms with Gasteiger partial charge in [-0.15, -0.1) is 0 Å². The Labute approximate surface area is 350 Å². The van der Waals surface area contributed by atoms with Crippen LogP contribution in [0.2, 0.25) is 0 Å². The molecule has 0 bridgehead atoms. The van der Waals surface area contributed by atoms with E-state index in [1.165, 1.54) is 66.8 Å². The van der Waals surface area contributed by atoms with Gasteiger partial charge in [-0.1, -0.05) is 149 Å². The van der Waals surface area contributed by atoms with E-state index in [1.807, 2.05) is 12.1 Å². The number of hydrogen-bond acceptors (Lipinski definition) is 3. The molecule has 1 aliphatic heterocycles. The fraction of sp³-hybridized carbons (Fsp3) is 0.123. The van der Waals surface area contributed by atoms with Gasteiger partial charge >= 0.3 is 0 Å². The Kier molecular flexibility index (Phi) is 6.51.